The van der Waals surface area contributed by atoms with E-state index in [0.717, 1.165) is 31.4 Å². The quantitative estimate of drug-likeness (QED) is 0.510. The molecule has 0 unspecified atom stereocenters. The highest BCUT2D eigenvalue weighted by atomic mass is 19.2. The predicted molar refractivity (Wildman–Crippen MR) is 86.0 cm³/mol. The molecule has 3 nitrogen and oxygen atoms in total. The summed E-state index contributed by atoms with van der Waals surface area (Å²) >= 11 is 0. The van der Waals surface area contributed by atoms with Crippen LogP contribution in [0.5, 0.6) is 5.75 Å². The van der Waals surface area contributed by atoms with Gasteiger partial charge in [0.2, 0.25) is 5.82 Å². The average Bonchev–Trinajstić information content (AvgIpc) is 2.52. The number of ether oxygens (including phenoxy) is 1. The van der Waals surface area contributed by atoms with Crippen LogP contribution in [0.4, 0.5) is 8.78 Å². The molecular weight excluding hydrogens is 302 g/mol. The minimum absolute atomic E-state index is 0.230. The summed E-state index contributed by atoms with van der Waals surface area (Å²) in [6.45, 7) is 2.50. The molecular formula is C18H26F2O3. The molecule has 1 rings (SSSR count). The zero-order chi connectivity index (χ0) is 17.1. The molecule has 0 aromatic heterocycles. The van der Waals surface area contributed by atoms with Crippen molar-refractivity contribution >= 4 is 5.97 Å². The first-order chi connectivity index (χ1) is 11.1. The third kappa shape index (κ3) is 6.97. The van der Waals surface area contributed by atoms with Crippen molar-refractivity contribution in [3.05, 3.63) is 29.3 Å². The molecule has 0 aliphatic carbocycles. The maximum absolute atomic E-state index is 13.6. The minimum atomic E-state index is -1.49. The molecule has 0 radical (unpaired) electrons. The third-order valence-corrected chi connectivity index (χ3v) is 3.78. The lowest BCUT2D eigenvalue weighted by Crippen LogP contribution is -2.06. The summed E-state index contributed by atoms with van der Waals surface area (Å²) in [6.07, 6.45) is 10.5. The Hall–Kier alpha value is -1.65. The second kappa shape index (κ2) is 11.0. The van der Waals surface area contributed by atoms with Crippen LogP contribution < -0.4 is 4.74 Å². The molecule has 0 amide bonds. The van der Waals surface area contributed by atoms with E-state index in [1.54, 1.807) is 0 Å². The molecule has 1 aromatic rings. The van der Waals surface area contributed by atoms with Crippen molar-refractivity contribution < 1.29 is 23.4 Å². The first-order valence-corrected chi connectivity index (χ1v) is 8.42. The summed E-state index contributed by atoms with van der Waals surface area (Å²) in [5.74, 6) is -4.33. The largest absolute Gasteiger partial charge is 0.490 e. The van der Waals surface area contributed by atoms with Gasteiger partial charge in [0.05, 0.1) is 12.2 Å². The van der Waals surface area contributed by atoms with Crippen LogP contribution in [-0.4, -0.2) is 17.7 Å². The van der Waals surface area contributed by atoms with Crippen molar-refractivity contribution in [1.29, 1.82) is 0 Å². The van der Waals surface area contributed by atoms with E-state index in [-0.39, 0.29) is 5.75 Å². The van der Waals surface area contributed by atoms with Gasteiger partial charge in [-0.3, -0.25) is 0 Å². The van der Waals surface area contributed by atoms with Crippen molar-refractivity contribution in [3.63, 3.8) is 0 Å². The summed E-state index contributed by atoms with van der Waals surface area (Å²) in [4.78, 5) is 10.7. The van der Waals surface area contributed by atoms with E-state index >= 15 is 0 Å². The summed E-state index contributed by atoms with van der Waals surface area (Å²) in [6, 6.07) is 2.18. The molecule has 0 spiro atoms. The molecule has 23 heavy (non-hydrogen) atoms. The smallest absolute Gasteiger partial charge is 0.338 e. The van der Waals surface area contributed by atoms with Crippen molar-refractivity contribution in [2.75, 3.05) is 6.61 Å². The highest BCUT2D eigenvalue weighted by Gasteiger charge is 2.18. The summed E-state index contributed by atoms with van der Waals surface area (Å²) in [7, 11) is 0. The fourth-order valence-electron chi connectivity index (χ4n) is 2.40. The standard InChI is InChI=1S/C18H26F2O3/c1-2-3-4-5-6-7-8-9-10-13-23-15-12-11-14(18(21)22)16(19)17(15)20/h11-12H,2-10,13H2,1H3,(H,21,22). The number of carboxylic acids is 1. The van der Waals surface area contributed by atoms with Gasteiger partial charge in [0.1, 0.15) is 0 Å². The van der Waals surface area contributed by atoms with Crippen LogP contribution in [0, 0.1) is 11.6 Å². The van der Waals surface area contributed by atoms with E-state index in [1.807, 2.05) is 0 Å². The molecule has 0 saturated heterocycles. The minimum Gasteiger partial charge on any atom is -0.490 e. The van der Waals surface area contributed by atoms with Crippen molar-refractivity contribution in [1.82, 2.24) is 0 Å². The SMILES string of the molecule is CCCCCCCCCCCOc1ccc(C(=O)O)c(F)c1F. The van der Waals surface area contributed by atoms with Crippen molar-refractivity contribution in [2.24, 2.45) is 0 Å². The van der Waals surface area contributed by atoms with Gasteiger partial charge in [-0.2, -0.15) is 4.39 Å². The molecule has 0 bridgehead atoms. The fourth-order valence-corrected chi connectivity index (χ4v) is 2.40. The van der Waals surface area contributed by atoms with Gasteiger partial charge in [-0.25, -0.2) is 9.18 Å². The Morgan fingerprint density at radius 3 is 2.09 bits per heavy atom. The fraction of sp³-hybridized carbons (Fsp3) is 0.611. The number of benzene rings is 1. The lowest BCUT2D eigenvalue weighted by Gasteiger charge is -2.09. The van der Waals surface area contributed by atoms with Crippen LogP contribution in [-0.2, 0) is 0 Å². The normalized spacial score (nSPS) is 10.7. The molecule has 1 N–H and O–H groups in total. The van der Waals surface area contributed by atoms with Crippen LogP contribution >= 0.6 is 0 Å². The summed E-state index contributed by atoms with van der Waals surface area (Å²) in [5.41, 5.74) is -0.682. The van der Waals surface area contributed by atoms with Crippen LogP contribution in [0.3, 0.4) is 0 Å². The van der Waals surface area contributed by atoms with Gasteiger partial charge < -0.3 is 9.84 Å². The molecule has 0 saturated carbocycles. The maximum atomic E-state index is 13.6. The number of hydrogen-bond donors (Lipinski definition) is 1. The average molecular weight is 328 g/mol. The van der Waals surface area contributed by atoms with E-state index in [2.05, 4.69) is 6.92 Å². The number of carbonyl (C=O) groups is 1. The van der Waals surface area contributed by atoms with Crippen LogP contribution in [0.15, 0.2) is 12.1 Å². The number of carboxylic acid groups (broad SMARTS) is 1. The van der Waals surface area contributed by atoms with Gasteiger partial charge in [0.25, 0.3) is 0 Å². The molecule has 0 aliphatic heterocycles. The molecule has 130 valence electrons. The van der Waals surface area contributed by atoms with Crippen LogP contribution in [0.1, 0.15) is 75.1 Å². The Bertz CT molecular complexity index is 489. The Kier molecular flexibility index (Phi) is 9.25. The van der Waals surface area contributed by atoms with E-state index in [4.69, 9.17) is 9.84 Å². The lowest BCUT2D eigenvalue weighted by atomic mass is 10.1. The maximum Gasteiger partial charge on any atom is 0.338 e. The van der Waals surface area contributed by atoms with Gasteiger partial charge in [-0.05, 0) is 18.6 Å². The zero-order valence-electron chi connectivity index (χ0n) is 13.7. The summed E-state index contributed by atoms with van der Waals surface area (Å²) in [5, 5.41) is 8.70. The molecule has 5 heteroatoms. The van der Waals surface area contributed by atoms with Gasteiger partial charge >= 0.3 is 5.97 Å². The Morgan fingerprint density at radius 2 is 1.52 bits per heavy atom. The first-order valence-electron chi connectivity index (χ1n) is 8.42. The number of unbranched alkanes of at least 4 members (excludes halogenated alkanes) is 8. The van der Waals surface area contributed by atoms with Gasteiger partial charge in [0, 0.05) is 0 Å². The number of rotatable bonds is 12. The topological polar surface area (TPSA) is 46.5 Å². The zero-order valence-corrected chi connectivity index (χ0v) is 13.7. The molecule has 0 atom stereocenters. The lowest BCUT2D eigenvalue weighted by molar-refractivity contribution is 0.0690. The van der Waals surface area contributed by atoms with Crippen molar-refractivity contribution in [3.8, 4) is 5.75 Å². The monoisotopic (exact) mass is 328 g/mol. The van der Waals surface area contributed by atoms with E-state index in [0.29, 0.717) is 6.61 Å². The number of halogens is 2. The highest BCUT2D eigenvalue weighted by molar-refractivity contribution is 5.88. The highest BCUT2D eigenvalue weighted by Crippen LogP contribution is 2.23. The second-order valence-corrected chi connectivity index (χ2v) is 5.72. The van der Waals surface area contributed by atoms with E-state index in [1.165, 1.54) is 38.5 Å². The third-order valence-electron chi connectivity index (χ3n) is 3.78. The molecule has 1 aromatic carbocycles. The van der Waals surface area contributed by atoms with Gasteiger partial charge in [-0.1, -0.05) is 58.3 Å². The number of aromatic carboxylic acids is 1. The van der Waals surface area contributed by atoms with Gasteiger partial charge in [0.15, 0.2) is 11.6 Å². The Labute approximate surface area is 136 Å². The van der Waals surface area contributed by atoms with Crippen molar-refractivity contribution in [2.45, 2.75) is 64.7 Å². The first kappa shape index (κ1) is 19.4. The van der Waals surface area contributed by atoms with E-state index in [9.17, 15) is 13.6 Å². The van der Waals surface area contributed by atoms with Crippen LogP contribution in [0.2, 0.25) is 0 Å². The van der Waals surface area contributed by atoms with Gasteiger partial charge in [-0.15, -0.1) is 0 Å². The number of hydrogen-bond acceptors (Lipinski definition) is 2. The Morgan fingerprint density at radius 1 is 0.957 bits per heavy atom. The molecule has 0 heterocycles. The summed E-state index contributed by atoms with van der Waals surface area (Å²) < 4.78 is 32.3. The molecule has 0 aliphatic rings. The predicted octanol–water partition coefficient (Wildman–Crippen LogP) is 5.57. The molecule has 0 fully saturated rings. The van der Waals surface area contributed by atoms with Crippen LogP contribution in [0.25, 0.3) is 0 Å². The van der Waals surface area contributed by atoms with E-state index < -0.39 is 23.2 Å². The second-order valence-electron chi connectivity index (χ2n) is 5.72. The Balaban J connectivity index is 2.19.